The highest BCUT2D eigenvalue weighted by molar-refractivity contribution is 7.99. The van der Waals surface area contributed by atoms with E-state index in [2.05, 4.69) is 17.6 Å². The molecular formula is C26H49N3O6S. The molecule has 2 atom stereocenters. The molecular weight excluding hydrogens is 482 g/mol. The molecule has 0 aromatic carbocycles. The highest BCUT2D eigenvalue weighted by Crippen LogP contribution is 2.14. The fraction of sp³-hybridized carbons (Fsp3) is 0.846. The minimum Gasteiger partial charge on any atom is -0.480 e. The van der Waals surface area contributed by atoms with Crippen molar-refractivity contribution in [3.05, 3.63) is 0 Å². The first kappa shape index (κ1) is 34.2. The SMILES string of the molecule is CCCCCCCCCCCCCCCCSCC(NC(=O)CCC(N)C(=O)O)C(=O)NCC(=O)O. The molecule has 0 aliphatic rings. The second-order valence-electron chi connectivity index (χ2n) is 9.39. The maximum Gasteiger partial charge on any atom is 0.322 e. The second-order valence-corrected chi connectivity index (χ2v) is 10.5. The Hall–Kier alpha value is -1.81. The van der Waals surface area contributed by atoms with Gasteiger partial charge in [-0.15, -0.1) is 0 Å². The first-order chi connectivity index (χ1) is 17.3. The van der Waals surface area contributed by atoms with Crippen LogP contribution in [0.3, 0.4) is 0 Å². The molecule has 0 fully saturated rings. The average molecular weight is 532 g/mol. The van der Waals surface area contributed by atoms with Crippen LogP contribution in [0.1, 0.15) is 110 Å². The molecule has 0 aromatic heterocycles. The van der Waals surface area contributed by atoms with Crippen molar-refractivity contribution in [3.63, 3.8) is 0 Å². The van der Waals surface area contributed by atoms with Crippen molar-refractivity contribution < 1.29 is 29.4 Å². The Labute approximate surface area is 221 Å². The second kappa shape index (κ2) is 23.6. The predicted molar refractivity (Wildman–Crippen MR) is 145 cm³/mol. The molecule has 0 saturated carbocycles. The average Bonchev–Trinajstić information content (AvgIpc) is 2.84. The van der Waals surface area contributed by atoms with E-state index in [0.717, 1.165) is 18.6 Å². The predicted octanol–water partition coefficient (Wildman–Crippen LogP) is 4.08. The molecule has 0 heterocycles. The smallest absolute Gasteiger partial charge is 0.322 e. The molecule has 0 aliphatic carbocycles. The van der Waals surface area contributed by atoms with E-state index in [-0.39, 0.29) is 12.8 Å². The van der Waals surface area contributed by atoms with Crippen LogP contribution < -0.4 is 16.4 Å². The van der Waals surface area contributed by atoms with E-state index in [1.54, 1.807) is 0 Å². The zero-order chi connectivity index (χ0) is 27.0. The highest BCUT2D eigenvalue weighted by atomic mass is 32.2. The molecule has 0 aliphatic heterocycles. The zero-order valence-electron chi connectivity index (χ0n) is 22.1. The quantitative estimate of drug-likeness (QED) is 0.110. The van der Waals surface area contributed by atoms with Crippen molar-refractivity contribution in [2.24, 2.45) is 5.73 Å². The van der Waals surface area contributed by atoms with Crippen LogP contribution in [0.2, 0.25) is 0 Å². The van der Waals surface area contributed by atoms with Gasteiger partial charge in [-0.3, -0.25) is 19.2 Å². The number of carbonyl (C=O) groups excluding carboxylic acids is 2. The van der Waals surface area contributed by atoms with E-state index in [1.165, 1.54) is 88.8 Å². The molecule has 6 N–H and O–H groups in total. The summed E-state index contributed by atoms with van der Waals surface area (Å²) in [5.74, 6) is -2.25. The lowest BCUT2D eigenvalue weighted by Crippen LogP contribution is -2.49. The lowest BCUT2D eigenvalue weighted by atomic mass is 10.0. The summed E-state index contributed by atoms with van der Waals surface area (Å²) in [5, 5.41) is 22.5. The van der Waals surface area contributed by atoms with E-state index in [9.17, 15) is 19.2 Å². The molecule has 36 heavy (non-hydrogen) atoms. The van der Waals surface area contributed by atoms with Gasteiger partial charge in [-0.1, -0.05) is 90.4 Å². The van der Waals surface area contributed by atoms with Gasteiger partial charge in [-0.05, 0) is 18.6 Å². The van der Waals surface area contributed by atoms with E-state index >= 15 is 0 Å². The number of carboxylic acids is 2. The van der Waals surface area contributed by atoms with Crippen LogP contribution in [-0.2, 0) is 19.2 Å². The Bertz CT molecular complexity index is 620. The van der Waals surface area contributed by atoms with Crippen LogP contribution in [0, 0.1) is 0 Å². The van der Waals surface area contributed by atoms with Crippen molar-refractivity contribution in [1.82, 2.24) is 10.6 Å². The molecule has 2 unspecified atom stereocenters. The number of nitrogens with two attached hydrogens (primary N) is 1. The molecule has 9 nitrogen and oxygen atoms in total. The van der Waals surface area contributed by atoms with Crippen molar-refractivity contribution >= 4 is 35.5 Å². The van der Waals surface area contributed by atoms with E-state index < -0.39 is 42.4 Å². The number of thioether (sulfide) groups is 1. The third kappa shape index (κ3) is 21.5. The minimum atomic E-state index is -1.19. The Balaban J connectivity index is 3.98. The summed E-state index contributed by atoms with van der Waals surface area (Å²) in [7, 11) is 0. The van der Waals surface area contributed by atoms with Gasteiger partial charge in [0.25, 0.3) is 0 Å². The van der Waals surface area contributed by atoms with E-state index in [1.807, 2.05) is 0 Å². The van der Waals surface area contributed by atoms with Gasteiger partial charge in [0.1, 0.15) is 18.6 Å². The largest absolute Gasteiger partial charge is 0.480 e. The van der Waals surface area contributed by atoms with Gasteiger partial charge >= 0.3 is 11.9 Å². The summed E-state index contributed by atoms with van der Waals surface area (Å²) < 4.78 is 0. The highest BCUT2D eigenvalue weighted by Gasteiger charge is 2.22. The summed E-state index contributed by atoms with van der Waals surface area (Å²) >= 11 is 1.54. The van der Waals surface area contributed by atoms with Crippen LogP contribution in [0.5, 0.6) is 0 Å². The molecule has 210 valence electrons. The number of carbonyl (C=O) groups is 4. The van der Waals surface area contributed by atoms with Crippen molar-refractivity contribution in [2.75, 3.05) is 18.1 Å². The first-order valence-corrected chi connectivity index (χ1v) is 14.8. The van der Waals surface area contributed by atoms with Gasteiger partial charge < -0.3 is 26.6 Å². The van der Waals surface area contributed by atoms with Crippen LogP contribution in [-0.4, -0.2) is 64.1 Å². The molecule has 0 aromatic rings. The summed E-state index contributed by atoms with van der Waals surface area (Å²) in [6.45, 7) is 1.72. The Morgan fingerprint density at radius 1 is 0.806 bits per heavy atom. The van der Waals surface area contributed by atoms with Crippen LogP contribution in [0.15, 0.2) is 0 Å². The van der Waals surface area contributed by atoms with Crippen LogP contribution >= 0.6 is 11.8 Å². The number of nitrogens with one attached hydrogen (secondary N) is 2. The number of rotatable bonds is 25. The third-order valence-electron chi connectivity index (χ3n) is 5.99. The maximum atomic E-state index is 12.3. The van der Waals surface area contributed by atoms with Gasteiger partial charge in [0, 0.05) is 12.2 Å². The molecule has 2 amide bonds. The molecule has 0 saturated heterocycles. The fourth-order valence-corrected chi connectivity index (χ4v) is 4.79. The van der Waals surface area contributed by atoms with Gasteiger partial charge in [-0.2, -0.15) is 11.8 Å². The van der Waals surface area contributed by atoms with Crippen molar-refractivity contribution in [1.29, 1.82) is 0 Å². The summed E-state index contributed by atoms with van der Waals surface area (Å²) in [6.07, 6.45) is 17.9. The summed E-state index contributed by atoms with van der Waals surface area (Å²) in [5.41, 5.74) is 5.41. The Morgan fingerprint density at radius 2 is 1.31 bits per heavy atom. The number of hydrogen-bond acceptors (Lipinski definition) is 6. The molecule has 0 bridgehead atoms. The molecule has 10 heteroatoms. The van der Waals surface area contributed by atoms with Crippen LogP contribution in [0.25, 0.3) is 0 Å². The number of amides is 2. The Morgan fingerprint density at radius 3 is 1.78 bits per heavy atom. The van der Waals surface area contributed by atoms with Gasteiger partial charge in [-0.25, -0.2) is 0 Å². The van der Waals surface area contributed by atoms with Crippen molar-refractivity contribution in [2.45, 2.75) is 122 Å². The van der Waals surface area contributed by atoms with E-state index in [4.69, 9.17) is 15.9 Å². The standard InChI is InChI=1S/C26H49N3O6S/c1-2-3-4-5-6-7-8-9-10-11-12-13-14-15-18-36-20-22(25(33)28-19-24(31)32)29-23(30)17-16-21(27)26(34)35/h21-22H,2-20,27H2,1H3,(H,28,33)(H,29,30)(H,31,32)(H,34,35). The van der Waals surface area contributed by atoms with Gasteiger partial charge in [0.2, 0.25) is 11.8 Å². The normalized spacial score (nSPS) is 12.6. The lowest BCUT2D eigenvalue weighted by molar-refractivity contribution is -0.139. The number of aliphatic carboxylic acids is 2. The maximum absolute atomic E-state index is 12.3. The Kier molecular flexibility index (Phi) is 22.4. The topological polar surface area (TPSA) is 159 Å². The zero-order valence-corrected chi connectivity index (χ0v) is 22.9. The molecule has 0 spiro atoms. The number of carboxylic acid groups (broad SMARTS) is 2. The molecule has 0 rings (SSSR count). The first-order valence-electron chi connectivity index (χ1n) is 13.6. The van der Waals surface area contributed by atoms with Crippen molar-refractivity contribution in [3.8, 4) is 0 Å². The van der Waals surface area contributed by atoms with Crippen LogP contribution in [0.4, 0.5) is 0 Å². The summed E-state index contributed by atoms with van der Waals surface area (Å²) in [6, 6.07) is -2.03. The van der Waals surface area contributed by atoms with Gasteiger partial charge in [0.05, 0.1) is 0 Å². The molecule has 0 radical (unpaired) electrons. The monoisotopic (exact) mass is 531 g/mol. The summed E-state index contributed by atoms with van der Waals surface area (Å²) in [4.78, 5) is 45.9. The fourth-order valence-electron chi connectivity index (χ4n) is 3.75. The van der Waals surface area contributed by atoms with E-state index in [0.29, 0.717) is 5.75 Å². The van der Waals surface area contributed by atoms with Gasteiger partial charge in [0.15, 0.2) is 0 Å². The number of hydrogen-bond donors (Lipinski definition) is 5. The lowest BCUT2D eigenvalue weighted by Gasteiger charge is -2.18. The third-order valence-corrected chi connectivity index (χ3v) is 7.14. The minimum absolute atomic E-state index is 0.0448. The number of unbranched alkanes of at least 4 members (excludes halogenated alkanes) is 13.